The molecule has 12 heteroatoms. The normalized spacial score (nSPS) is 17.9. The summed E-state index contributed by atoms with van der Waals surface area (Å²) in [6.07, 6.45) is -4.20. The highest BCUT2D eigenvalue weighted by atomic mass is 32.2. The van der Waals surface area contributed by atoms with E-state index in [1.807, 2.05) is 4.90 Å². The van der Waals surface area contributed by atoms with E-state index in [1.54, 1.807) is 0 Å². The Kier molecular flexibility index (Phi) is 7.13. The Balaban J connectivity index is 1.95. The van der Waals surface area contributed by atoms with E-state index >= 15 is 0 Å². The molecule has 0 aliphatic carbocycles. The highest BCUT2D eigenvalue weighted by molar-refractivity contribution is 7.89. The van der Waals surface area contributed by atoms with E-state index < -0.39 is 31.8 Å². The number of nitrogens with zero attached hydrogens (tertiary/aromatic N) is 3. The maximum absolute atomic E-state index is 12.8. The van der Waals surface area contributed by atoms with Crippen LogP contribution in [0.5, 0.6) is 0 Å². The number of hydrogen-bond donors (Lipinski definition) is 0. The van der Waals surface area contributed by atoms with Gasteiger partial charge in [-0.1, -0.05) is 6.07 Å². The molecule has 0 N–H and O–H groups in total. The van der Waals surface area contributed by atoms with Crippen LogP contribution in [0.15, 0.2) is 29.2 Å². The molecule has 160 valence electrons. The van der Waals surface area contributed by atoms with E-state index in [0.29, 0.717) is 32.1 Å². The fourth-order valence-electron chi connectivity index (χ4n) is 2.83. The summed E-state index contributed by atoms with van der Waals surface area (Å²) in [5, 5.41) is 0. The zero-order valence-electron chi connectivity index (χ0n) is 15.7. The minimum atomic E-state index is -4.61. The van der Waals surface area contributed by atoms with Crippen LogP contribution in [0.4, 0.5) is 13.2 Å². The van der Waals surface area contributed by atoms with Gasteiger partial charge in [0, 0.05) is 40.3 Å². The summed E-state index contributed by atoms with van der Waals surface area (Å²) < 4.78 is 89.6. The second-order valence-electron chi connectivity index (χ2n) is 6.72. The van der Waals surface area contributed by atoms with Crippen molar-refractivity contribution in [1.29, 1.82) is 0 Å². The van der Waals surface area contributed by atoms with Crippen LogP contribution in [-0.4, -0.2) is 82.9 Å². The van der Waals surface area contributed by atoms with E-state index in [9.17, 15) is 30.0 Å². The highest BCUT2D eigenvalue weighted by Crippen LogP contribution is 2.31. The Morgan fingerprint density at radius 2 is 1.64 bits per heavy atom. The summed E-state index contributed by atoms with van der Waals surface area (Å²) in [4.78, 5) is 1.57. The third kappa shape index (κ3) is 5.66. The predicted molar refractivity (Wildman–Crippen MR) is 98.7 cm³/mol. The van der Waals surface area contributed by atoms with Crippen molar-refractivity contribution in [2.45, 2.75) is 17.5 Å². The molecular weight excluding hydrogens is 419 g/mol. The quantitative estimate of drug-likeness (QED) is 0.635. The summed E-state index contributed by atoms with van der Waals surface area (Å²) in [6.45, 7) is 1.56. The molecule has 1 heterocycles. The van der Waals surface area contributed by atoms with E-state index in [1.165, 1.54) is 14.1 Å². The van der Waals surface area contributed by atoms with Gasteiger partial charge in [-0.15, -0.1) is 0 Å². The average molecular weight is 444 g/mol. The predicted octanol–water partition coefficient (Wildman–Crippen LogP) is 1.29. The lowest BCUT2D eigenvalue weighted by Gasteiger charge is -2.34. The summed E-state index contributed by atoms with van der Waals surface area (Å²) in [6, 6.07) is 3.72. The van der Waals surface area contributed by atoms with Crippen molar-refractivity contribution >= 4 is 20.0 Å². The number of rotatable bonds is 7. The maximum Gasteiger partial charge on any atom is 0.416 e. The molecule has 1 aliphatic rings. The van der Waals surface area contributed by atoms with Gasteiger partial charge in [0.15, 0.2) is 0 Å². The van der Waals surface area contributed by atoms with E-state index in [-0.39, 0.29) is 23.7 Å². The molecule has 7 nitrogen and oxygen atoms in total. The highest BCUT2D eigenvalue weighted by Gasteiger charge is 2.34. The number of benzene rings is 1. The number of sulfonamides is 2. The topological polar surface area (TPSA) is 78.0 Å². The first kappa shape index (κ1) is 23.1. The van der Waals surface area contributed by atoms with Crippen LogP contribution in [0, 0.1) is 0 Å². The smallest absolute Gasteiger partial charge is 0.301 e. The third-order valence-corrected chi connectivity index (χ3v) is 8.38. The van der Waals surface area contributed by atoms with E-state index in [0.717, 1.165) is 26.8 Å². The molecule has 1 aromatic carbocycles. The Morgan fingerprint density at radius 1 is 1.04 bits per heavy atom. The summed E-state index contributed by atoms with van der Waals surface area (Å²) in [5.74, 6) is 0.00273. The van der Waals surface area contributed by atoms with Gasteiger partial charge in [-0.05, 0) is 31.2 Å². The van der Waals surface area contributed by atoms with Crippen molar-refractivity contribution < 1.29 is 30.0 Å². The van der Waals surface area contributed by atoms with Crippen LogP contribution in [0.1, 0.15) is 12.0 Å². The van der Waals surface area contributed by atoms with Gasteiger partial charge >= 0.3 is 6.18 Å². The molecule has 1 fully saturated rings. The fraction of sp³-hybridized carbons (Fsp3) is 0.625. The largest absolute Gasteiger partial charge is 0.416 e. The molecule has 2 rings (SSSR count). The van der Waals surface area contributed by atoms with E-state index in [2.05, 4.69) is 0 Å². The van der Waals surface area contributed by atoms with Gasteiger partial charge in [-0.25, -0.2) is 21.1 Å². The first-order valence-electron chi connectivity index (χ1n) is 8.64. The Hall–Kier alpha value is -1.21. The molecular formula is C16H24F3N3O4S2. The fourth-order valence-corrected chi connectivity index (χ4v) is 5.16. The number of piperazine rings is 1. The van der Waals surface area contributed by atoms with Gasteiger partial charge in [0.1, 0.15) is 0 Å². The second-order valence-corrected chi connectivity index (χ2v) is 11.0. The molecule has 0 amide bonds. The molecule has 0 radical (unpaired) electrons. The molecule has 0 spiro atoms. The van der Waals surface area contributed by atoms with Crippen LogP contribution in [0.25, 0.3) is 0 Å². The SMILES string of the molecule is CN(C)S(=O)(=O)CCCN1CCN(S(=O)(=O)c2cccc(C(F)(F)F)c2)CC1. The standard InChI is InChI=1S/C16H24F3N3O4S2/c1-20(2)27(23,24)12-4-7-21-8-10-22(11-9-21)28(25,26)15-6-3-5-14(13-15)16(17,18)19/h3,5-6,13H,4,7-12H2,1-2H3. The maximum atomic E-state index is 12.8. The van der Waals surface area contributed by atoms with Gasteiger partial charge in [0.25, 0.3) is 0 Å². The van der Waals surface area contributed by atoms with Crippen LogP contribution in [0.3, 0.4) is 0 Å². The van der Waals surface area contributed by atoms with Gasteiger partial charge < -0.3 is 4.90 Å². The van der Waals surface area contributed by atoms with Crippen LogP contribution >= 0.6 is 0 Å². The Bertz CT molecular complexity index is 879. The van der Waals surface area contributed by atoms with Crippen molar-refractivity contribution in [2.75, 3.05) is 52.6 Å². The minimum absolute atomic E-state index is 0.00273. The second kappa shape index (κ2) is 8.66. The molecule has 28 heavy (non-hydrogen) atoms. The number of hydrogen-bond acceptors (Lipinski definition) is 5. The first-order chi connectivity index (χ1) is 12.8. The van der Waals surface area contributed by atoms with Crippen LogP contribution in [-0.2, 0) is 26.2 Å². The van der Waals surface area contributed by atoms with Crippen molar-refractivity contribution in [2.24, 2.45) is 0 Å². The molecule has 0 atom stereocenters. The Labute approximate surface area is 163 Å². The molecule has 0 unspecified atom stereocenters. The molecule has 1 aromatic rings. The van der Waals surface area contributed by atoms with Crippen molar-refractivity contribution in [3.63, 3.8) is 0 Å². The van der Waals surface area contributed by atoms with Gasteiger partial charge in [0.2, 0.25) is 20.0 Å². The summed E-state index contributed by atoms with van der Waals surface area (Å²) in [7, 11) is -4.37. The lowest BCUT2D eigenvalue weighted by molar-refractivity contribution is -0.137. The summed E-state index contributed by atoms with van der Waals surface area (Å²) in [5.41, 5.74) is -1.01. The summed E-state index contributed by atoms with van der Waals surface area (Å²) >= 11 is 0. The molecule has 1 aliphatic heterocycles. The van der Waals surface area contributed by atoms with Gasteiger partial charge in [-0.2, -0.15) is 17.5 Å². The monoisotopic (exact) mass is 443 g/mol. The molecule has 0 bridgehead atoms. The van der Waals surface area contributed by atoms with Crippen molar-refractivity contribution in [1.82, 2.24) is 13.5 Å². The van der Waals surface area contributed by atoms with Gasteiger partial charge in [-0.3, -0.25) is 0 Å². The first-order valence-corrected chi connectivity index (χ1v) is 11.7. The zero-order chi connectivity index (χ0) is 21.2. The Morgan fingerprint density at radius 3 is 2.18 bits per heavy atom. The minimum Gasteiger partial charge on any atom is -0.301 e. The van der Waals surface area contributed by atoms with E-state index in [4.69, 9.17) is 0 Å². The van der Waals surface area contributed by atoms with Crippen LogP contribution in [0.2, 0.25) is 0 Å². The lowest BCUT2D eigenvalue weighted by Crippen LogP contribution is -2.49. The molecule has 0 saturated carbocycles. The third-order valence-electron chi connectivity index (χ3n) is 4.56. The molecule has 1 saturated heterocycles. The average Bonchev–Trinajstić information content (AvgIpc) is 2.61. The molecule has 0 aromatic heterocycles. The van der Waals surface area contributed by atoms with Crippen LogP contribution < -0.4 is 0 Å². The zero-order valence-corrected chi connectivity index (χ0v) is 17.3. The number of halogens is 3. The number of alkyl halides is 3. The lowest BCUT2D eigenvalue weighted by atomic mass is 10.2. The van der Waals surface area contributed by atoms with Gasteiger partial charge in [0.05, 0.1) is 16.2 Å². The van der Waals surface area contributed by atoms with Crippen molar-refractivity contribution in [3.05, 3.63) is 29.8 Å². The van der Waals surface area contributed by atoms with Crippen molar-refractivity contribution in [3.8, 4) is 0 Å².